The highest BCUT2D eigenvalue weighted by molar-refractivity contribution is 7.98. The summed E-state index contributed by atoms with van der Waals surface area (Å²) >= 11 is 1.58. The van der Waals surface area contributed by atoms with Gasteiger partial charge in [0.05, 0.1) is 17.0 Å². The van der Waals surface area contributed by atoms with Crippen LogP contribution in [0.25, 0.3) is 0 Å². The minimum atomic E-state index is -4.68. The number of thioether (sulfide) groups is 1. The van der Waals surface area contributed by atoms with E-state index in [0.717, 1.165) is 24.0 Å². The second-order valence-electron chi connectivity index (χ2n) is 6.71. The first-order chi connectivity index (χ1) is 13.4. The van der Waals surface area contributed by atoms with Crippen molar-refractivity contribution in [1.29, 1.82) is 5.41 Å². The van der Waals surface area contributed by atoms with Gasteiger partial charge in [-0.25, -0.2) is 4.98 Å². The molecule has 10 heteroatoms. The van der Waals surface area contributed by atoms with Gasteiger partial charge in [0.1, 0.15) is 11.4 Å². The van der Waals surface area contributed by atoms with Gasteiger partial charge in [0.25, 0.3) is 5.91 Å². The number of allylic oxidation sites excluding steroid dienone is 2. The quantitative estimate of drug-likeness (QED) is 0.480. The topological polar surface area (TPSA) is 98.4 Å². The third-order valence-electron chi connectivity index (χ3n) is 3.89. The molecule has 1 aliphatic carbocycles. The summed E-state index contributed by atoms with van der Waals surface area (Å²) in [6, 6.07) is 3.03. The summed E-state index contributed by atoms with van der Waals surface area (Å²) < 4.78 is 38.6. The summed E-state index contributed by atoms with van der Waals surface area (Å²) in [4.78, 5) is 20.2. The molecular formula is C19H21F3N4O2S. The molecule has 0 fully saturated rings. The number of hydrogen-bond donors (Lipinski definition) is 3. The molecule has 0 aromatic carbocycles. The minimum absolute atomic E-state index is 0.0680. The van der Waals surface area contributed by atoms with Crippen molar-refractivity contribution in [1.82, 2.24) is 10.3 Å². The number of aromatic nitrogens is 1. The van der Waals surface area contributed by atoms with E-state index in [1.165, 1.54) is 26.0 Å². The van der Waals surface area contributed by atoms with Gasteiger partial charge < -0.3 is 10.4 Å². The van der Waals surface area contributed by atoms with Crippen molar-refractivity contribution in [2.45, 2.75) is 25.6 Å². The van der Waals surface area contributed by atoms with Crippen LogP contribution >= 0.6 is 11.8 Å². The number of alkyl halides is 3. The molecule has 156 valence electrons. The Bertz CT molecular complexity index is 899. The van der Waals surface area contributed by atoms with Crippen LogP contribution in [0.2, 0.25) is 0 Å². The van der Waals surface area contributed by atoms with Gasteiger partial charge in [-0.1, -0.05) is 6.07 Å². The second kappa shape index (κ2) is 8.91. The summed E-state index contributed by atoms with van der Waals surface area (Å²) in [5, 5.41) is 21.0. The van der Waals surface area contributed by atoms with E-state index in [4.69, 9.17) is 5.41 Å². The molecule has 3 N–H and O–H groups in total. The summed E-state index contributed by atoms with van der Waals surface area (Å²) in [6.45, 7) is 3.41. The Kier molecular flexibility index (Phi) is 7.02. The molecule has 1 amide bonds. The highest BCUT2D eigenvalue weighted by Crippen LogP contribution is 2.28. The Hall–Kier alpha value is -2.46. The standard InChI is InChI=1S/C19H21F3N4O2S/c1-18(2,28)11-9-12(23)15(24-7-8-29-3)10-14(11)26-17(27)13-5-4-6-16(25-13)19(20,21)22/h4-6,9-10,23,28H,7-8H2,1-3H3,(H,26,27)/b23-12?,24-15+. The van der Waals surface area contributed by atoms with E-state index < -0.39 is 29.1 Å². The molecule has 1 heterocycles. The van der Waals surface area contributed by atoms with E-state index in [2.05, 4.69) is 15.3 Å². The maximum atomic E-state index is 12.9. The third-order valence-corrected chi connectivity index (χ3v) is 4.48. The number of rotatable bonds is 6. The molecule has 0 unspecified atom stereocenters. The maximum Gasteiger partial charge on any atom is 0.433 e. The molecule has 0 bridgehead atoms. The predicted octanol–water partition coefficient (Wildman–Crippen LogP) is 3.25. The molecule has 0 aliphatic heterocycles. The van der Waals surface area contributed by atoms with Crippen LogP contribution in [-0.4, -0.2) is 51.6 Å². The summed E-state index contributed by atoms with van der Waals surface area (Å²) in [5.74, 6) is -0.128. The number of pyridine rings is 1. The normalized spacial score (nSPS) is 16.5. The summed E-state index contributed by atoms with van der Waals surface area (Å²) in [7, 11) is 0. The van der Waals surface area contributed by atoms with Crippen molar-refractivity contribution >= 4 is 29.1 Å². The fraction of sp³-hybridized carbons (Fsp3) is 0.368. The van der Waals surface area contributed by atoms with Crippen molar-refractivity contribution in [3.63, 3.8) is 0 Å². The smallest absolute Gasteiger partial charge is 0.386 e. The van der Waals surface area contributed by atoms with Gasteiger partial charge >= 0.3 is 6.18 Å². The molecule has 2 rings (SSSR count). The molecule has 0 saturated heterocycles. The number of hydrogen-bond acceptors (Lipinski definition) is 6. The maximum absolute atomic E-state index is 12.9. The number of nitrogens with zero attached hydrogens (tertiary/aromatic N) is 2. The van der Waals surface area contributed by atoms with Gasteiger partial charge in [-0.3, -0.25) is 15.2 Å². The van der Waals surface area contributed by atoms with Crippen molar-refractivity contribution in [3.8, 4) is 0 Å². The van der Waals surface area contributed by atoms with Crippen LogP contribution in [0.1, 0.15) is 30.0 Å². The van der Waals surface area contributed by atoms with Crippen LogP contribution in [0.5, 0.6) is 0 Å². The van der Waals surface area contributed by atoms with E-state index in [0.29, 0.717) is 12.3 Å². The van der Waals surface area contributed by atoms with Gasteiger partial charge in [0.2, 0.25) is 0 Å². The van der Waals surface area contributed by atoms with E-state index in [9.17, 15) is 23.1 Å². The second-order valence-corrected chi connectivity index (χ2v) is 7.69. The van der Waals surface area contributed by atoms with Crippen LogP contribution in [0.3, 0.4) is 0 Å². The molecular weight excluding hydrogens is 405 g/mol. The monoisotopic (exact) mass is 426 g/mol. The predicted molar refractivity (Wildman–Crippen MR) is 108 cm³/mol. The highest BCUT2D eigenvalue weighted by Gasteiger charge is 2.33. The van der Waals surface area contributed by atoms with Gasteiger partial charge in [-0.15, -0.1) is 0 Å². The fourth-order valence-corrected chi connectivity index (χ4v) is 2.77. The average molecular weight is 426 g/mol. The van der Waals surface area contributed by atoms with E-state index in [1.807, 2.05) is 6.26 Å². The zero-order valence-corrected chi connectivity index (χ0v) is 16.9. The Labute approximate surface area is 170 Å². The molecule has 6 nitrogen and oxygen atoms in total. The fourth-order valence-electron chi connectivity index (χ4n) is 2.49. The van der Waals surface area contributed by atoms with E-state index in [1.54, 1.807) is 11.8 Å². The van der Waals surface area contributed by atoms with Crippen molar-refractivity contribution < 1.29 is 23.1 Å². The average Bonchev–Trinajstić information content (AvgIpc) is 2.62. The van der Waals surface area contributed by atoms with Gasteiger partial charge in [-0.2, -0.15) is 24.9 Å². The number of carbonyl (C=O) groups is 1. The van der Waals surface area contributed by atoms with Crippen LogP contribution in [0.15, 0.2) is 46.6 Å². The lowest BCUT2D eigenvalue weighted by Gasteiger charge is -2.27. The molecule has 0 radical (unpaired) electrons. The number of carbonyl (C=O) groups excluding carboxylic acids is 1. The Morgan fingerprint density at radius 3 is 2.59 bits per heavy atom. The third kappa shape index (κ3) is 6.01. The zero-order chi connectivity index (χ0) is 21.8. The Morgan fingerprint density at radius 1 is 1.31 bits per heavy atom. The van der Waals surface area contributed by atoms with Crippen molar-refractivity contribution in [2.75, 3.05) is 18.6 Å². The lowest BCUT2D eigenvalue weighted by Crippen LogP contribution is -2.36. The number of amides is 1. The van der Waals surface area contributed by atoms with E-state index in [-0.39, 0.29) is 17.0 Å². The number of nitrogens with one attached hydrogen (secondary N) is 2. The Morgan fingerprint density at radius 2 is 2.00 bits per heavy atom. The number of aliphatic hydroxyl groups is 1. The van der Waals surface area contributed by atoms with Crippen molar-refractivity contribution in [3.05, 3.63) is 53.0 Å². The van der Waals surface area contributed by atoms with Crippen LogP contribution in [-0.2, 0) is 6.18 Å². The molecule has 29 heavy (non-hydrogen) atoms. The van der Waals surface area contributed by atoms with Crippen LogP contribution in [0.4, 0.5) is 13.2 Å². The largest absolute Gasteiger partial charge is 0.433 e. The lowest BCUT2D eigenvalue weighted by molar-refractivity contribution is -0.141. The number of halogens is 3. The molecule has 1 aliphatic rings. The van der Waals surface area contributed by atoms with Crippen molar-refractivity contribution in [2.24, 2.45) is 4.99 Å². The first-order valence-corrected chi connectivity index (χ1v) is 9.97. The van der Waals surface area contributed by atoms with Gasteiger partial charge in [0, 0.05) is 23.6 Å². The summed E-state index contributed by atoms with van der Waals surface area (Å²) in [6.07, 6.45) is 0.0571. The zero-order valence-electron chi connectivity index (χ0n) is 16.1. The number of aliphatic imine (C=N–C) groups is 1. The molecule has 0 saturated carbocycles. The molecule has 0 atom stereocenters. The molecule has 1 aromatic rings. The van der Waals surface area contributed by atoms with Gasteiger partial charge in [0.15, 0.2) is 0 Å². The van der Waals surface area contributed by atoms with Crippen LogP contribution in [0, 0.1) is 5.41 Å². The summed E-state index contributed by atoms with van der Waals surface area (Å²) in [5.41, 5.74) is -2.23. The SMILES string of the molecule is CSCC/N=C1\C=C(NC(=O)c2cccc(C(F)(F)F)n2)C(C(C)(C)O)=CC1=N. The minimum Gasteiger partial charge on any atom is -0.386 e. The van der Waals surface area contributed by atoms with Crippen LogP contribution < -0.4 is 5.32 Å². The molecule has 0 spiro atoms. The molecule has 1 aromatic heterocycles. The van der Waals surface area contributed by atoms with E-state index >= 15 is 0 Å². The Balaban J connectivity index is 2.36. The van der Waals surface area contributed by atoms with Gasteiger partial charge in [-0.05, 0) is 44.4 Å². The lowest BCUT2D eigenvalue weighted by atomic mass is 9.88. The first-order valence-electron chi connectivity index (χ1n) is 8.58. The first kappa shape index (κ1) is 22.8. The highest BCUT2D eigenvalue weighted by atomic mass is 32.2.